The maximum Gasteiger partial charge on any atom is 0.387 e. The lowest BCUT2D eigenvalue weighted by molar-refractivity contribution is -0.136. The van der Waals surface area contributed by atoms with E-state index in [0.29, 0.717) is 80.1 Å². The van der Waals surface area contributed by atoms with Gasteiger partial charge in [0, 0.05) is 138 Å². The Balaban J connectivity index is 0.907. The van der Waals surface area contributed by atoms with Crippen LogP contribution in [0.2, 0.25) is 0 Å². The van der Waals surface area contributed by atoms with Crippen LogP contribution in [-0.4, -0.2) is 123 Å². The molecule has 4 amide bonds. The third-order valence-corrected chi connectivity index (χ3v) is 14.0. The van der Waals surface area contributed by atoms with E-state index >= 15 is 8.78 Å². The van der Waals surface area contributed by atoms with Gasteiger partial charge in [-0.2, -0.15) is 13.9 Å². The Morgan fingerprint density at radius 2 is 1.76 bits per heavy atom. The number of ether oxygens (including phenoxy) is 1. The number of aromatic nitrogens is 4. The number of nitrogens with zero attached hydrogens (tertiary/aromatic N) is 8. The van der Waals surface area contributed by atoms with Gasteiger partial charge in [-0.15, -0.1) is 0 Å². The smallest absolute Gasteiger partial charge is 0.387 e. The van der Waals surface area contributed by atoms with Crippen LogP contribution in [0.1, 0.15) is 66.2 Å². The molecule has 3 aliphatic heterocycles. The summed E-state index contributed by atoms with van der Waals surface area (Å²) in [6, 6.07) is 11.4. The van der Waals surface area contributed by atoms with Crippen molar-refractivity contribution >= 4 is 56.9 Å². The summed E-state index contributed by atoms with van der Waals surface area (Å²) in [7, 11) is 3.19. The van der Waals surface area contributed by atoms with E-state index in [0.717, 1.165) is 12.8 Å². The molecule has 1 atom stereocenters. The normalized spacial score (nSPS) is 18.0. The van der Waals surface area contributed by atoms with Crippen molar-refractivity contribution in [3.05, 3.63) is 106 Å². The van der Waals surface area contributed by atoms with Gasteiger partial charge in [0.2, 0.25) is 17.7 Å². The number of anilines is 1. The number of piperidine rings is 1. The van der Waals surface area contributed by atoms with Crippen LogP contribution in [0, 0.1) is 11.6 Å². The zero-order valence-electron chi connectivity index (χ0n) is 38.6. The van der Waals surface area contributed by atoms with Gasteiger partial charge in [-0.3, -0.25) is 43.2 Å². The number of alkyl halides is 2. The molecule has 3 aromatic heterocycles. The molecule has 1 N–H and O–H groups in total. The van der Waals surface area contributed by atoms with Crippen LogP contribution in [0.3, 0.4) is 0 Å². The number of fused-ring (bicyclic) bond motifs is 2. The lowest BCUT2D eigenvalue weighted by Gasteiger charge is -2.36. The van der Waals surface area contributed by atoms with E-state index in [1.807, 2.05) is 11.0 Å². The van der Waals surface area contributed by atoms with E-state index in [1.54, 1.807) is 52.1 Å². The summed E-state index contributed by atoms with van der Waals surface area (Å²) in [5.41, 5.74) is 2.23. The lowest BCUT2D eigenvalue weighted by Crippen LogP contribution is -2.47. The minimum absolute atomic E-state index is 0.0161. The highest BCUT2D eigenvalue weighted by Gasteiger charge is 2.35. The van der Waals surface area contributed by atoms with Gasteiger partial charge in [0.05, 0.1) is 16.4 Å². The average molecular weight is 966 g/mol. The Morgan fingerprint density at radius 3 is 2.49 bits per heavy atom. The number of hydrogen-bond acceptors (Lipinski definition) is 10. The van der Waals surface area contributed by atoms with Gasteiger partial charge in [-0.25, -0.2) is 13.6 Å². The van der Waals surface area contributed by atoms with Crippen LogP contribution in [0.4, 0.5) is 23.2 Å². The van der Waals surface area contributed by atoms with E-state index in [-0.39, 0.29) is 83.3 Å². The summed E-state index contributed by atoms with van der Waals surface area (Å²) in [6.07, 6.45) is 8.03. The van der Waals surface area contributed by atoms with Gasteiger partial charge in [0.1, 0.15) is 29.0 Å². The average Bonchev–Trinajstić information content (AvgIpc) is 3.77. The number of piperazine rings is 1. The van der Waals surface area contributed by atoms with Crippen LogP contribution in [-0.2, 0) is 34.4 Å². The van der Waals surface area contributed by atoms with Crippen molar-refractivity contribution in [2.24, 2.45) is 7.05 Å². The van der Waals surface area contributed by atoms with Crippen LogP contribution in [0.25, 0.3) is 38.7 Å². The van der Waals surface area contributed by atoms with E-state index < -0.39 is 47.7 Å². The molecular formula is C50H51F4N9O7. The summed E-state index contributed by atoms with van der Waals surface area (Å²) in [4.78, 5) is 72.4. The third kappa shape index (κ3) is 8.95. The van der Waals surface area contributed by atoms with Crippen LogP contribution in [0.15, 0.2) is 76.2 Å². The molecule has 16 nitrogen and oxygen atoms in total. The highest BCUT2D eigenvalue weighted by Crippen LogP contribution is 2.43. The fourth-order valence-electron chi connectivity index (χ4n) is 10.1. The Kier molecular flexibility index (Phi) is 12.6. The van der Waals surface area contributed by atoms with Crippen molar-refractivity contribution in [3.8, 4) is 16.9 Å². The molecule has 3 fully saturated rings. The summed E-state index contributed by atoms with van der Waals surface area (Å²) in [5.74, 6) is -3.03. The molecule has 0 spiro atoms. The first kappa shape index (κ1) is 46.5. The van der Waals surface area contributed by atoms with Crippen LogP contribution < -0.4 is 20.6 Å². The summed E-state index contributed by atoms with van der Waals surface area (Å²) in [6.45, 7) is 0.104. The van der Waals surface area contributed by atoms with Crippen molar-refractivity contribution in [3.63, 3.8) is 0 Å². The van der Waals surface area contributed by atoms with Crippen molar-refractivity contribution in [1.29, 1.82) is 0 Å². The summed E-state index contributed by atoms with van der Waals surface area (Å²) >= 11 is 0. The van der Waals surface area contributed by atoms with Gasteiger partial charge in [-0.1, -0.05) is 6.08 Å². The number of carbonyl (C=O) groups is 4. The molecule has 0 radical (unpaired) electrons. The number of halogens is 4. The molecular weight excluding hydrogens is 915 g/mol. The minimum atomic E-state index is -3.23. The first-order valence-corrected chi connectivity index (χ1v) is 23.5. The first-order chi connectivity index (χ1) is 33.7. The Bertz CT molecular complexity index is 3130. The monoisotopic (exact) mass is 965 g/mol. The fourth-order valence-corrected chi connectivity index (χ4v) is 10.1. The number of furan rings is 1. The summed E-state index contributed by atoms with van der Waals surface area (Å²) < 4.78 is 76.9. The molecule has 6 heterocycles. The second-order valence-corrected chi connectivity index (χ2v) is 18.3. The zero-order valence-corrected chi connectivity index (χ0v) is 38.6. The molecule has 1 aliphatic carbocycles. The van der Waals surface area contributed by atoms with Crippen molar-refractivity contribution in [2.45, 2.75) is 70.2 Å². The standard InChI is InChI=1S/C50H51F4N9O7/c1-57(30-6-7-30)48(67)41-27-36-44(52)34(29-5-3-17-61(28-29)43(65)15-20-62-18-4-16-55-62)26-35(46(36)69-41)32-9-8-31(25-40(32)70-49(53)54)60-23-21-59(22-24-60)19-14-33-37(51)10-11-38-45(33)58(2)50(68)63(38)39-12-13-42(64)56-47(39)66/h4-5,8-11,16,18,25-27,30,39,49H,3,6-7,12-15,17,19-24,28H2,1-2H3,(H,56,64,66). The molecule has 20 heteroatoms. The minimum Gasteiger partial charge on any atom is -0.450 e. The molecule has 1 unspecified atom stereocenters. The molecule has 70 heavy (non-hydrogen) atoms. The zero-order chi connectivity index (χ0) is 49.0. The topological polar surface area (TPSA) is 160 Å². The predicted octanol–water partition coefficient (Wildman–Crippen LogP) is 6.11. The molecule has 366 valence electrons. The number of nitrogens with one attached hydrogen (secondary N) is 1. The highest BCUT2D eigenvalue weighted by atomic mass is 19.3. The number of carbonyl (C=O) groups excluding carboxylic acids is 4. The van der Waals surface area contributed by atoms with Gasteiger partial charge < -0.3 is 23.9 Å². The lowest BCUT2D eigenvalue weighted by atomic mass is 9.93. The van der Waals surface area contributed by atoms with Gasteiger partial charge in [0.15, 0.2) is 5.76 Å². The predicted molar refractivity (Wildman–Crippen MR) is 250 cm³/mol. The number of imide groups is 1. The summed E-state index contributed by atoms with van der Waals surface area (Å²) in [5, 5.41) is 6.44. The van der Waals surface area contributed by atoms with E-state index in [4.69, 9.17) is 9.15 Å². The number of aryl methyl sites for hydroxylation is 2. The van der Waals surface area contributed by atoms with E-state index in [1.165, 1.54) is 46.5 Å². The molecule has 0 bridgehead atoms. The number of imidazole rings is 1. The maximum atomic E-state index is 16.9. The largest absolute Gasteiger partial charge is 0.450 e. The third-order valence-electron chi connectivity index (χ3n) is 14.0. The van der Waals surface area contributed by atoms with Gasteiger partial charge in [0.25, 0.3) is 5.91 Å². The highest BCUT2D eigenvalue weighted by molar-refractivity contribution is 6.03. The Labute approximate surface area is 398 Å². The van der Waals surface area contributed by atoms with E-state index in [9.17, 15) is 32.8 Å². The molecule has 3 aromatic carbocycles. The molecule has 10 rings (SSSR count). The van der Waals surface area contributed by atoms with Gasteiger partial charge in [-0.05, 0) is 74.1 Å². The van der Waals surface area contributed by atoms with Crippen LogP contribution >= 0.6 is 0 Å². The second kappa shape index (κ2) is 18.9. The van der Waals surface area contributed by atoms with Gasteiger partial charge >= 0.3 is 12.3 Å². The Morgan fingerprint density at radius 1 is 0.957 bits per heavy atom. The number of amides is 4. The quantitative estimate of drug-likeness (QED) is 0.0997. The molecule has 4 aliphatic rings. The van der Waals surface area contributed by atoms with Crippen molar-refractivity contribution in [1.82, 2.24) is 38.9 Å². The number of rotatable bonds is 14. The number of hydrogen-bond donors (Lipinski definition) is 1. The Hall–Kier alpha value is -7.22. The second-order valence-electron chi connectivity index (χ2n) is 18.3. The van der Waals surface area contributed by atoms with E-state index in [2.05, 4.69) is 15.3 Å². The van der Waals surface area contributed by atoms with Crippen molar-refractivity contribution in [2.75, 3.05) is 57.8 Å². The molecule has 2 saturated heterocycles. The maximum absolute atomic E-state index is 16.9. The molecule has 1 saturated carbocycles. The fraction of sp³-hybridized carbons (Fsp3) is 0.400. The molecule has 6 aromatic rings. The SMILES string of the molecule is CN(C(=O)c1cc2c(F)c(C3=CCCN(C(=O)CCn4cccn4)C3)cc(-c3ccc(N4CCN(CCc5c(F)ccc6c5n(C)c(=O)n6C5CCC(=O)NC5=O)CC4)cc3OC(F)F)c2o1)C1CC1. The van der Waals surface area contributed by atoms with Crippen molar-refractivity contribution < 1.29 is 45.9 Å². The number of benzene rings is 3. The van der Waals surface area contributed by atoms with Crippen LogP contribution in [0.5, 0.6) is 5.75 Å². The first-order valence-electron chi connectivity index (χ1n) is 23.5.